The van der Waals surface area contributed by atoms with Gasteiger partial charge in [-0.1, -0.05) is 6.92 Å². The summed E-state index contributed by atoms with van der Waals surface area (Å²) in [4.78, 5) is 4.93. The van der Waals surface area contributed by atoms with Gasteiger partial charge < -0.3 is 9.80 Å². The predicted octanol–water partition coefficient (Wildman–Crippen LogP) is 1.29. The van der Waals surface area contributed by atoms with Crippen molar-refractivity contribution in [3.05, 3.63) is 0 Å². The first kappa shape index (κ1) is 15.4. The molecule has 0 bridgehead atoms. The van der Waals surface area contributed by atoms with Crippen molar-refractivity contribution < 1.29 is 0 Å². The van der Waals surface area contributed by atoms with E-state index in [1.165, 1.54) is 0 Å². The van der Waals surface area contributed by atoms with Gasteiger partial charge in [-0.3, -0.25) is 5.32 Å². The summed E-state index contributed by atoms with van der Waals surface area (Å²) in [6.07, 6.45) is 2.02. The van der Waals surface area contributed by atoms with Crippen LogP contribution in [0.2, 0.25) is 0 Å². The molecule has 0 saturated carbocycles. The van der Waals surface area contributed by atoms with E-state index in [1.54, 1.807) is 0 Å². The lowest BCUT2D eigenvalue weighted by Crippen LogP contribution is -2.50. The first-order chi connectivity index (χ1) is 8.50. The van der Waals surface area contributed by atoms with Crippen molar-refractivity contribution in [3.63, 3.8) is 0 Å². The van der Waals surface area contributed by atoms with E-state index in [2.05, 4.69) is 42.1 Å². The molecule has 1 rings (SSSR count). The molecule has 0 aromatic carbocycles. The van der Waals surface area contributed by atoms with E-state index < -0.39 is 0 Å². The fourth-order valence-electron chi connectivity index (χ4n) is 2.56. The van der Waals surface area contributed by atoms with Crippen molar-refractivity contribution in [1.29, 1.82) is 5.26 Å². The second kappa shape index (κ2) is 7.08. The molecule has 1 N–H and O–H groups in total. The number of rotatable bonds is 6. The van der Waals surface area contributed by atoms with Crippen molar-refractivity contribution in [2.45, 2.75) is 45.2 Å². The highest BCUT2D eigenvalue weighted by Gasteiger charge is 2.24. The van der Waals surface area contributed by atoms with Gasteiger partial charge in [0.05, 0.1) is 6.07 Å². The molecule has 18 heavy (non-hydrogen) atoms. The molecule has 2 atom stereocenters. The molecule has 0 aliphatic carbocycles. The number of nitriles is 1. The Labute approximate surface area is 112 Å². The lowest BCUT2D eigenvalue weighted by atomic mass is 9.97. The summed E-state index contributed by atoms with van der Waals surface area (Å²) < 4.78 is 0. The average molecular weight is 252 g/mol. The van der Waals surface area contributed by atoms with Crippen LogP contribution in [-0.2, 0) is 0 Å². The minimum Gasteiger partial charge on any atom is -0.301 e. The van der Waals surface area contributed by atoms with Crippen LogP contribution in [0.1, 0.15) is 33.6 Å². The second-order valence-electron chi connectivity index (χ2n) is 5.71. The minimum absolute atomic E-state index is 0.354. The normalized spacial score (nSPS) is 25.6. The minimum atomic E-state index is -0.354. The van der Waals surface area contributed by atoms with E-state index in [-0.39, 0.29) is 5.54 Å². The van der Waals surface area contributed by atoms with Gasteiger partial charge in [0.1, 0.15) is 5.54 Å². The Hall–Kier alpha value is -0.630. The average Bonchev–Trinajstić information content (AvgIpc) is 2.34. The molecule has 4 nitrogen and oxygen atoms in total. The fraction of sp³-hybridized carbons (Fsp3) is 0.929. The molecule has 0 radical (unpaired) electrons. The third-order valence-corrected chi connectivity index (χ3v) is 4.01. The molecular formula is C14H28N4. The number of nitrogens with one attached hydrogen (secondary N) is 1. The van der Waals surface area contributed by atoms with Gasteiger partial charge in [0, 0.05) is 25.7 Å². The van der Waals surface area contributed by atoms with E-state index in [0.29, 0.717) is 6.04 Å². The van der Waals surface area contributed by atoms with E-state index in [0.717, 1.165) is 45.6 Å². The maximum Gasteiger partial charge on any atom is 0.103 e. The number of hydrogen-bond acceptors (Lipinski definition) is 4. The monoisotopic (exact) mass is 252 g/mol. The maximum atomic E-state index is 9.20. The highest BCUT2D eigenvalue weighted by molar-refractivity contribution is 5.03. The summed E-state index contributed by atoms with van der Waals surface area (Å²) in [6, 6.07) is 3.04. The van der Waals surface area contributed by atoms with Crippen LogP contribution < -0.4 is 5.32 Å². The number of likely N-dealkylation sites (N-methyl/N-ethyl adjacent to an activating group) is 1. The van der Waals surface area contributed by atoms with Gasteiger partial charge in [0.15, 0.2) is 0 Å². The molecule has 2 unspecified atom stereocenters. The van der Waals surface area contributed by atoms with Crippen molar-refractivity contribution >= 4 is 0 Å². The molecule has 0 spiro atoms. The van der Waals surface area contributed by atoms with Crippen molar-refractivity contribution in [2.24, 2.45) is 0 Å². The number of nitrogens with zero attached hydrogens (tertiary/aromatic N) is 3. The Bertz CT molecular complexity index is 286. The molecule has 0 amide bonds. The van der Waals surface area contributed by atoms with Gasteiger partial charge >= 0.3 is 0 Å². The Kier molecular flexibility index (Phi) is 6.07. The molecule has 1 aliphatic rings. The van der Waals surface area contributed by atoms with Crippen molar-refractivity contribution in [1.82, 2.24) is 15.1 Å². The van der Waals surface area contributed by atoms with Crippen LogP contribution in [0.25, 0.3) is 0 Å². The van der Waals surface area contributed by atoms with Crippen LogP contribution in [-0.4, -0.2) is 61.2 Å². The molecule has 1 heterocycles. The molecule has 1 saturated heterocycles. The quantitative estimate of drug-likeness (QED) is 0.773. The topological polar surface area (TPSA) is 42.3 Å². The molecule has 0 aromatic rings. The smallest absolute Gasteiger partial charge is 0.103 e. The van der Waals surface area contributed by atoms with Crippen LogP contribution >= 0.6 is 0 Å². The largest absolute Gasteiger partial charge is 0.301 e. The predicted molar refractivity (Wildman–Crippen MR) is 75.5 cm³/mol. The van der Waals surface area contributed by atoms with E-state index in [4.69, 9.17) is 0 Å². The highest BCUT2D eigenvalue weighted by atomic mass is 15.3. The Morgan fingerprint density at radius 1 is 1.44 bits per heavy atom. The first-order valence-electron chi connectivity index (χ1n) is 7.09. The fourth-order valence-corrected chi connectivity index (χ4v) is 2.56. The van der Waals surface area contributed by atoms with Crippen LogP contribution in [0, 0.1) is 11.3 Å². The zero-order valence-corrected chi connectivity index (χ0v) is 12.4. The third kappa shape index (κ3) is 4.56. The molecule has 1 aliphatic heterocycles. The molecule has 1 fully saturated rings. The second-order valence-corrected chi connectivity index (χ2v) is 5.71. The van der Waals surface area contributed by atoms with E-state index in [1.807, 2.05) is 6.92 Å². The van der Waals surface area contributed by atoms with Gasteiger partial charge in [-0.15, -0.1) is 0 Å². The first-order valence-corrected chi connectivity index (χ1v) is 7.09. The summed E-state index contributed by atoms with van der Waals surface area (Å²) in [7, 11) is 2.19. The van der Waals surface area contributed by atoms with Gasteiger partial charge in [0.25, 0.3) is 0 Å². The highest BCUT2D eigenvalue weighted by Crippen LogP contribution is 2.13. The Morgan fingerprint density at radius 2 is 2.17 bits per heavy atom. The summed E-state index contributed by atoms with van der Waals surface area (Å²) in [5, 5.41) is 12.5. The van der Waals surface area contributed by atoms with Crippen LogP contribution in [0.15, 0.2) is 0 Å². The summed E-state index contributed by atoms with van der Waals surface area (Å²) in [6.45, 7) is 11.8. The van der Waals surface area contributed by atoms with E-state index >= 15 is 0 Å². The third-order valence-electron chi connectivity index (χ3n) is 4.01. The van der Waals surface area contributed by atoms with Crippen LogP contribution in [0.4, 0.5) is 0 Å². The number of hydrogen-bond donors (Lipinski definition) is 1. The standard InChI is InChI=1S/C14H28N4/c1-5-16-14(3,12-15)7-6-8-18-10-9-17(4)13(2)11-18/h13,16H,5-11H2,1-4H3. The molecular weight excluding hydrogens is 224 g/mol. The van der Waals surface area contributed by atoms with Gasteiger partial charge in [-0.2, -0.15) is 5.26 Å². The Balaban J connectivity index is 2.27. The summed E-state index contributed by atoms with van der Waals surface area (Å²) in [5.41, 5.74) is -0.354. The van der Waals surface area contributed by atoms with Crippen LogP contribution in [0.5, 0.6) is 0 Å². The lowest BCUT2D eigenvalue weighted by molar-refractivity contribution is 0.102. The summed E-state index contributed by atoms with van der Waals surface area (Å²) >= 11 is 0. The molecule has 4 heteroatoms. The molecule has 0 aromatic heterocycles. The summed E-state index contributed by atoms with van der Waals surface area (Å²) in [5.74, 6) is 0. The zero-order valence-electron chi connectivity index (χ0n) is 12.4. The SMILES string of the molecule is CCNC(C)(C#N)CCCN1CCN(C)C(C)C1. The number of piperazine rings is 1. The van der Waals surface area contributed by atoms with Crippen LogP contribution in [0.3, 0.4) is 0 Å². The van der Waals surface area contributed by atoms with Gasteiger partial charge in [-0.25, -0.2) is 0 Å². The van der Waals surface area contributed by atoms with Crippen molar-refractivity contribution in [2.75, 3.05) is 39.8 Å². The molecule has 104 valence electrons. The lowest BCUT2D eigenvalue weighted by Gasteiger charge is -2.38. The van der Waals surface area contributed by atoms with Gasteiger partial charge in [-0.05, 0) is 46.8 Å². The zero-order chi connectivity index (χ0) is 13.6. The Morgan fingerprint density at radius 3 is 2.72 bits per heavy atom. The van der Waals surface area contributed by atoms with Crippen molar-refractivity contribution in [3.8, 4) is 6.07 Å². The van der Waals surface area contributed by atoms with Gasteiger partial charge in [0.2, 0.25) is 0 Å². The van der Waals surface area contributed by atoms with E-state index in [9.17, 15) is 5.26 Å². The maximum absolute atomic E-state index is 9.20.